The number of carbonyl (C=O) groups is 1. The lowest BCUT2D eigenvalue weighted by Crippen LogP contribution is -2.49. The summed E-state index contributed by atoms with van der Waals surface area (Å²) in [7, 11) is -0.403. The molecule has 0 radical (unpaired) electrons. The van der Waals surface area contributed by atoms with Gasteiger partial charge in [0.25, 0.3) is 11.5 Å². The number of pyridine rings is 1. The highest BCUT2D eigenvalue weighted by molar-refractivity contribution is 7.92. The largest absolute Gasteiger partial charge is 0.315 e. The van der Waals surface area contributed by atoms with Crippen molar-refractivity contribution >= 4 is 38.9 Å². The zero-order valence-electron chi connectivity index (χ0n) is 20.2. The summed E-state index contributed by atoms with van der Waals surface area (Å²) in [6.45, 7) is 1.31. The molecule has 0 aliphatic rings. The molecule has 1 unspecified atom stereocenters. The van der Waals surface area contributed by atoms with Gasteiger partial charge in [-0.25, -0.2) is 22.7 Å². The molecule has 36 heavy (non-hydrogen) atoms. The van der Waals surface area contributed by atoms with Crippen molar-refractivity contribution < 1.29 is 27.2 Å². The van der Waals surface area contributed by atoms with Crippen molar-refractivity contribution in [3.05, 3.63) is 70.1 Å². The van der Waals surface area contributed by atoms with Crippen LogP contribution in [0.1, 0.15) is 18.9 Å². The molecule has 0 spiro atoms. The van der Waals surface area contributed by atoms with Crippen molar-refractivity contribution in [2.24, 2.45) is 0 Å². The van der Waals surface area contributed by atoms with Crippen LogP contribution in [0.25, 0.3) is 21.9 Å². The molecule has 0 aliphatic heterocycles. The molecule has 0 fully saturated rings. The highest BCUT2D eigenvalue weighted by atomic mass is 35.5. The molecule has 0 saturated heterocycles. The lowest BCUT2D eigenvalue weighted by molar-refractivity contribution is -0.131. The number of hydrogen-bond donors (Lipinski definition) is 2. The number of aryl methyl sites for hydroxylation is 1. The van der Waals surface area contributed by atoms with Crippen LogP contribution >= 0.6 is 12.4 Å². The predicted octanol–water partition coefficient (Wildman–Crippen LogP) is 3.13. The van der Waals surface area contributed by atoms with E-state index in [1.165, 1.54) is 47.4 Å². The van der Waals surface area contributed by atoms with E-state index in [0.29, 0.717) is 10.9 Å². The van der Waals surface area contributed by atoms with Crippen LogP contribution in [0.3, 0.4) is 0 Å². The van der Waals surface area contributed by atoms with Gasteiger partial charge in [-0.1, -0.05) is 18.2 Å². The van der Waals surface area contributed by atoms with Crippen LogP contribution in [0, 0.1) is 11.6 Å². The average molecular weight is 544 g/mol. The first-order chi connectivity index (χ1) is 16.3. The van der Waals surface area contributed by atoms with Gasteiger partial charge in [0.05, 0.1) is 0 Å². The monoisotopic (exact) mass is 543 g/mol. The molecule has 0 aliphatic carbocycles. The number of carbonyl (C=O) groups excluding carboxylic acids is 1. The number of benzene rings is 2. The Hall–Kier alpha value is -2.86. The molecule has 2 aromatic carbocycles. The van der Waals surface area contributed by atoms with Crippen LogP contribution in [0.4, 0.5) is 8.78 Å². The quantitative estimate of drug-likeness (QED) is 0.334. The van der Waals surface area contributed by atoms with Gasteiger partial charge < -0.3 is 9.47 Å². The van der Waals surface area contributed by atoms with Gasteiger partial charge in [0.1, 0.15) is 0 Å². The number of hydroxylamine groups is 1. The minimum absolute atomic E-state index is 0. The Morgan fingerprint density at radius 1 is 1.14 bits per heavy atom. The second-order valence-corrected chi connectivity index (χ2v) is 11.4. The number of hydrogen-bond acceptors (Lipinski definition) is 6. The van der Waals surface area contributed by atoms with E-state index in [4.69, 9.17) is 5.21 Å². The topological polar surface area (TPSA) is 109 Å². The highest BCUT2D eigenvalue weighted by Crippen LogP contribution is 2.29. The fourth-order valence-corrected chi connectivity index (χ4v) is 4.67. The molecule has 0 saturated carbocycles. The fraction of sp³-hybridized carbons (Fsp3) is 0.333. The Labute approximate surface area is 213 Å². The first kappa shape index (κ1) is 29.4. The maximum atomic E-state index is 14.8. The first-order valence-electron chi connectivity index (χ1n) is 10.7. The summed E-state index contributed by atoms with van der Waals surface area (Å²) in [6.07, 6.45) is 2.05. The van der Waals surface area contributed by atoms with Gasteiger partial charge in [-0.15, -0.1) is 12.4 Å². The average Bonchev–Trinajstić information content (AvgIpc) is 2.79. The van der Waals surface area contributed by atoms with E-state index < -0.39 is 37.7 Å². The van der Waals surface area contributed by atoms with Crippen molar-refractivity contribution in [3.8, 4) is 11.1 Å². The molecule has 3 aromatic rings. The predicted molar refractivity (Wildman–Crippen MR) is 136 cm³/mol. The number of nitrogens with one attached hydrogen (secondary N) is 1. The molecule has 3 rings (SSSR count). The summed E-state index contributed by atoms with van der Waals surface area (Å²) < 4.78 is 52.9. The molecule has 2 N–H and O–H groups in total. The van der Waals surface area contributed by atoms with E-state index in [1.54, 1.807) is 31.1 Å². The zero-order chi connectivity index (χ0) is 26.1. The van der Waals surface area contributed by atoms with Gasteiger partial charge >= 0.3 is 0 Å². The van der Waals surface area contributed by atoms with Crippen LogP contribution in [0.5, 0.6) is 0 Å². The third-order valence-electron chi connectivity index (χ3n) is 6.17. The smallest absolute Gasteiger partial charge is 0.264 e. The summed E-state index contributed by atoms with van der Waals surface area (Å²) in [5.41, 5.74) is 1.62. The third-order valence-corrected chi connectivity index (χ3v) is 8.19. The molecular formula is C24H28ClF2N3O5S. The van der Waals surface area contributed by atoms with E-state index in [0.717, 1.165) is 6.26 Å². The van der Waals surface area contributed by atoms with E-state index in [-0.39, 0.29) is 48.4 Å². The van der Waals surface area contributed by atoms with Crippen LogP contribution in [-0.4, -0.2) is 54.1 Å². The van der Waals surface area contributed by atoms with Crippen molar-refractivity contribution in [1.29, 1.82) is 0 Å². The number of aromatic nitrogens is 1. The SMILES string of the molecule is CN(C)Cc1ccc(-c2ccc3c(=O)n(CCC(C)(C(=O)NO)S(C)(=O)=O)ccc3c2)c(F)c1F.Cl. The maximum absolute atomic E-state index is 14.8. The lowest BCUT2D eigenvalue weighted by Gasteiger charge is -2.25. The van der Waals surface area contributed by atoms with E-state index in [9.17, 15) is 26.8 Å². The Morgan fingerprint density at radius 3 is 2.39 bits per heavy atom. The van der Waals surface area contributed by atoms with Gasteiger partial charge in [-0.2, -0.15) is 0 Å². The summed E-state index contributed by atoms with van der Waals surface area (Å²) in [5, 5.41) is 9.72. The van der Waals surface area contributed by atoms with Crippen LogP contribution < -0.4 is 11.0 Å². The van der Waals surface area contributed by atoms with E-state index in [1.807, 2.05) is 0 Å². The first-order valence-corrected chi connectivity index (χ1v) is 12.6. The molecule has 1 aromatic heterocycles. The summed E-state index contributed by atoms with van der Waals surface area (Å²) in [4.78, 5) is 26.7. The molecule has 8 nitrogen and oxygen atoms in total. The number of sulfone groups is 1. The number of amides is 1. The minimum atomic E-state index is -3.91. The fourth-order valence-electron chi connectivity index (χ4n) is 3.83. The Kier molecular flexibility index (Phi) is 9.00. The Morgan fingerprint density at radius 2 is 1.81 bits per heavy atom. The van der Waals surface area contributed by atoms with Gasteiger partial charge in [-0.05, 0) is 56.6 Å². The number of nitrogens with zero attached hydrogens (tertiary/aromatic N) is 2. The van der Waals surface area contributed by atoms with Gasteiger partial charge in [-0.3, -0.25) is 14.8 Å². The molecule has 1 heterocycles. The van der Waals surface area contributed by atoms with Gasteiger partial charge in [0, 0.05) is 42.1 Å². The molecular weight excluding hydrogens is 516 g/mol. The summed E-state index contributed by atoms with van der Waals surface area (Å²) >= 11 is 0. The Bertz CT molecular complexity index is 1460. The Balaban J connectivity index is 0.00000456. The van der Waals surface area contributed by atoms with Crippen LogP contribution in [0.2, 0.25) is 0 Å². The lowest BCUT2D eigenvalue weighted by atomic mass is 9.99. The standard InChI is InChI=1S/C24H27F2N3O5S.ClH/c1-24(23(31)27-32,35(4,33)34)10-12-29-11-9-16-13-15(5-8-19(16)22(29)30)18-7-6-17(14-28(2)3)20(25)21(18)26;/h5-9,11,13,32H,10,12,14H2,1-4H3,(H,27,31);1H. The number of halogens is 3. The molecule has 1 amide bonds. The third kappa shape index (κ3) is 5.59. The zero-order valence-corrected chi connectivity index (χ0v) is 21.8. The van der Waals surface area contributed by atoms with Gasteiger partial charge in [0.2, 0.25) is 0 Å². The van der Waals surface area contributed by atoms with E-state index in [2.05, 4.69) is 0 Å². The second-order valence-electron chi connectivity index (χ2n) is 8.95. The minimum Gasteiger partial charge on any atom is -0.315 e. The van der Waals surface area contributed by atoms with Gasteiger partial charge in [0.15, 0.2) is 26.2 Å². The van der Waals surface area contributed by atoms with Crippen LogP contribution in [0.15, 0.2) is 47.4 Å². The highest BCUT2D eigenvalue weighted by Gasteiger charge is 2.43. The molecule has 0 bridgehead atoms. The van der Waals surface area contributed by atoms with Crippen LogP contribution in [-0.2, 0) is 27.7 Å². The molecule has 1 atom stereocenters. The second kappa shape index (κ2) is 11.0. The van der Waals surface area contributed by atoms with Crippen molar-refractivity contribution in [2.75, 3.05) is 20.4 Å². The van der Waals surface area contributed by atoms with E-state index >= 15 is 0 Å². The summed E-state index contributed by atoms with van der Waals surface area (Å²) in [5.74, 6) is -2.99. The number of rotatable bonds is 8. The van der Waals surface area contributed by atoms with Crippen molar-refractivity contribution in [3.63, 3.8) is 0 Å². The normalized spacial score (nSPS) is 13.3. The molecule has 12 heteroatoms. The number of fused-ring (bicyclic) bond motifs is 1. The van der Waals surface area contributed by atoms with Crippen molar-refractivity contribution in [1.82, 2.24) is 14.9 Å². The molecule has 196 valence electrons. The summed E-state index contributed by atoms with van der Waals surface area (Å²) in [6, 6.07) is 9.19. The van der Waals surface area contributed by atoms with Crippen molar-refractivity contribution in [2.45, 2.75) is 31.2 Å². The maximum Gasteiger partial charge on any atom is 0.264 e.